The molecule has 0 aromatic carbocycles. The predicted octanol–water partition coefficient (Wildman–Crippen LogP) is 0.660. The van der Waals surface area contributed by atoms with Crippen molar-refractivity contribution in [2.45, 2.75) is 6.42 Å². The van der Waals surface area contributed by atoms with Crippen molar-refractivity contribution in [3.63, 3.8) is 0 Å². The number of aromatic amines is 1. The van der Waals surface area contributed by atoms with Crippen LogP contribution < -0.4 is 5.73 Å². The Morgan fingerprint density at radius 2 is 2.50 bits per heavy atom. The van der Waals surface area contributed by atoms with Crippen LogP contribution in [0.3, 0.4) is 0 Å². The third-order valence-electron chi connectivity index (χ3n) is 0.920. The number of hydrogen-bond donors (Lipinski definition) is 2. The van der Waals surface area contributed by atoms with Crippen LogP contribution >= 0.6 is 24.6 Å². The number of H-pyrrole nitrogens is 1. The first-order valence-corrected chi connectivity index (χ1v) is 2.95. The molecule has 0 atom stereocenters. The molecule has 0 aliphatic rings. The lowest BCUT2D eigenvalue weighted by Gasteiger charge is -1.90. The van der Waals surface area contributed by atoms with Crippen LogP contribution in [0.4, 0.5) is 0 Å². The lowest BCUT2D eigenvalue weighted by Crippen LogP contribution is -2.10. The van der Waals surface area contributed by atoms with Crippen molar-refractivity contribution in [2.75, 3.05) is 0 Å². The zero-order chi connectivity index (χ0) is 6.69. The fraction of sp³-hybridized carbons (Fsp3) is 0.200. The van der Waals surface area contributed by atoms with Crippen molar-refractivity contribution in [2.24, 2.45) is 5.73 Å². The molecule has 0 radical (unpaired) electrons. The maximum absolute atomic E-state index is 5.27. The van der Waals surface area contributed by atoms with Crippen molar-refractivity contribution >= 4 is 29.6 Å². The fourth-order valence-corrected chi connectivity index (χ4v) is 0.725. The Morgan fingerprint density at radius 1 is 1.80 bits per heavy atom. The SMILES string of the molecule is Cl.NC(=S)Cc1cnc[nH]1. The van der Waals surface area contributed by atoms with Gasteiger partial charge in [-0.15, -0.1) is 12.4 Å². The van der Waals surface area contributed by atoms with E-state index in [1.54, 1.807) is 12.5 Å². The Bertz CT molecular complexity index is 197. The number of thiocarbonyl (C=S) groups is 1. The van der Waals surface area contributed by atoms with Crippen LogP contribution in [-0.2, 0) is 6.42 Å². The van der Waals surface area contributed by atoms with Gasteiger partial charge in [0.1, 0.15) is 0 Å². The van der Waals surface area contributed by atoms with E-state index in [0.717, 1.165) is 5.69 Å². The minimum atomic E-state index is 0. The number of imidazole rings is 1. The minimum Gasteiger partial charge on any atom is -0.393 e. The molecule has 0 aliphatic carbocycles. The van der Waals surface area contributed by atoms with Crippen LogP contribution in [0.2, 0.25) is 0 Å². The Balaban J connectivity index is 0.000000810. The highest BCUT2D eigenvalue weighted by atomic mass is 35.5. The Kier molecular flexibility index (Phi) is 3.99. The quantitative estimate of drug-likeness (QED) is 0.653. The summed E-state index contributed by atoms with van der Waals surface area (Å²) in [6.07, 6.45) is 3.92. The van der Waals surface area contributed by atoms with Crippen LogP contribution in [0.25, 0.3) is 0 Å². The normalized spacial score (nSPS) is 8.40. The second-order valence-corrected chi connectivity index (χ2v) is 2.24. The van der Waals surface area contributed by atoms with Gasteiger partial charge >= 0.3 is 0 Å². The molecule has 1 aromatic heterocycles. The molecule has 1 rings (SSSR count). The zero-order valence-corrected chi connectivity index (χ0v) is 6.84. The summed E-state index contributed by atoms with van der Waals surface area (Å²) in [5.74, 6) is 0. The van der Waals surface area contributed by atoms with Gasteiger partial charge < -0.3 is 10.7 Å². The molecule has 1 aromatic rings. The van der Waals surface area contributed by atoms with E-state index in [9.17, 15) is 0 Å². The molecule has 0 bridgehead atoms. The van der Waals surface area contributed by atoms with E-state index in [0.29, 0.717) is 11.4 Å². The van der Waals surface area contributed by atoms with Crippen molar-refractivity contribution in [1.29, 1.82) is 0 Å². The summed E-state index contributed by atoms with van der Waals surface area (Å²) < 4.78 is 0. The lowest BCUT2D eigenvalue weighted by atomic mass is 10.3. The summed E-state index contributed by atoms with van der Waals surface area (Å²) in [6, 6.07) is 0. The molecular formula is C5H8ClN3S. The smallest absolute Gasteiger partial charge is 0.0921 e. The summed E-state index contributed by atoms with van der Waals surface area (Å²) in [7, 11) is 0. The summed E-state index contributed by atoms with van der Waals surface area (Å²) in [6.45, 7) is 0. The average molecular weight is 178 g/mol. The topological polar surface area (TPSA) is 54.7 Å². The molecule has 0 saturated carbocycles. The molecule has 0 spiro atoms. The third-order valence-corrected chi connectivity index (χ3v) is 1.06. The molecule has 5 heteroatoms. The van der Waals surface area contributed by atoms with Crippen LogP contribution in [0.1, 0.15) is 5.69 Å². The Morgan fingerprint density at radius 3 is 2.90 bits per heavy atom. The second kappa shape index (κ2) is 4.24. The zero-order valence-electron chi connectivity index (χ0n) is 5.20. The second-order valence-electron chi connectivity index (χ2n) is 1.72. The van der Waals surface area contributed by atoms with Gasteiger partial charge in [0.05, 0.1) is 11.3 Å². The van der Waals surface area contributed by atoms with Crippen molar-refractivity contribution in [3.8, 4) is 0 Å². The van der Waals surface area contributed by atoms with Gasteiger partial charge in [0.25, 0.3) is 0 Å². The molecule has 56 valence electrons. The van der Waals surface area contributed by atoms with Crippen LogP contribution in [0.15, 0.2) is 12.5 Å². The number of hydrogen-bond acceptors (Lipinski definition) is 2. The van der Waals surface area contributed by atoms with E-state index >= 15 is 0 Å². The number of aromatic nitrogens is 2. The lowest BCUT2D eigenvalue weighted by molar-refractivity contribution is 1.19. The predicted molar refractivity (Wildman–Crippen MR) is 46.3 cm³/mol. The van der Waals surface area contributed by atoms with E-state index in [1.165, 1.54) is 0 Å². The molecule has 3 nitrogen and oxygen atoms in total. The summed E-state index contributed by atoms with van der Waals surface area (Å²) in [5, 5.41) is 0. The third kappa shape index (κ3) is 2.80. The van der Waals surface area contributed by atoms with E-state index in [2.05, 4.69) is 22.2 Å². The maximum atomic E-state index is 5.27. The van der Waals surface area contributed by atoms with Crippen LogP contribution in [0, 0.1) is 0 Å². The Labute approximate surface area is 70.4 Å². The fourth-order valence-electron chi connectivity index (χ4n) is 0.569. The van der Waals surface area contributed by atoms with Gasteiger partial charge in [0, 0.05) is 18.3 Å². The van der Waals surface area contributed by atoms with Crippen molar-refractivity contribution in [3.05, 3.63) is 18.2 Å². The molecule has 10 heavy (non-hydrogen) atoms. The van der Waals surface area contributed by atoms with Crippen LogP contribution in [-0.4, -0.2) is 15.0 Å². The van der Waals surface area contributed by atoms with Gasteiger partial charge in [0.2, 0.25) is 0 Å². The molecule has 0 aliphatic heterocycles. The summed E-state index contributed by atoms with van der Waals surface area (Å²) in [4.78, 5) is 7.18. The van der Waals surface area contributed by atoms with Crippen LogP contribution in [0.5, 0.6) is 0 Å². The van der Waals surface area contributed by atoms with Gasteiger partial charge in [-0.3, -0.25) is 0 Å². The maximum Gasteiger partial charge on any atom is 0.0921 e. The summed E-state index contributed by atoms with van der Waals surface area (Å²) >= 11 is 4.67. The molecule has 0 saturated heterocycles. The average Bonchev–Trinajstić information content (AvgIpc) is 2.15. The van der Waals surface area contributed by atoms with Gasteiger partial charge in [-0.2, -0.15) is 0 Å². The molecule has 0 fully saturated rings. The molecule has 1 heterocycles. The molecule has 0 unspecified atom stereocenters. The molecular weight excluding hydrogens is 170 g/mol. The standard InChI is InChI=1S/C5H7N3S.ClH/c6-5(9)1-4-2-7-3-8-4;/h2-3H,1H2,(H2,6,9)(H,7,8);1H. The van der Waals surface area contributed by atoms with Gasteiger partial charge in [0.15, 0.2) is 0 Å². The Hall–Kier alpha value is -0.610. The first-order valence-electron chi connectivity index (χ1n) is 2.54. The number of nitrogens with one attached hydrogen (secondary N) is 1. The number of halogens is 1. The highest BCUT2D eigenvalue weighted by molar-refractivity contribution is 7.80. The number of nitrogens with zero attached hydrogens (tertiary/aromatic N) is 1. The van der Waals surface area contributed by atoms with E-state index in [1.807, 2.05) is 0 Å². The summed E-state index contributed by atoms with van der Waals surface area (Å²) in [5.41, 5.74) is 6.23. The van der Waals surface area contributed by atoms with Gasteiger partial charge in [-0.1, -0.05) is 12.2 Å². The highest BCUT2D eigenvalue weighted by Crippen LogP contribution is 1.90. The number of nitrogens with two attached hydrogens (primary N) is 1. The molecule has 3 N–H and O–H groups in total. The van der Waals surface area contributed by atoms with Crippen molar-refractivity contribution < 1.29 is 0 Å². The highest BCUT2D eigenvalue weighted by Gasteiger charge is 1.93. The first kappa shape index (κ1) is 9.39. The van der Waals surface area contributed by atoms with E-state index in [-0.39, 0.29) is 12.4 Å². The van der Waals surface area contributed by atoms with Gasteiger partial charge in [-0.25, -0.2) is 4.98 Å². The van der Waals surface area contributed by atoms with E-state index < -0.39 is 0 Å². The minimum absolute atomic E-state index is 0. The monoisotopic (exact) mass is 177 g/mol. The first-order chi connectivity index (χ1) is 4.29. The number of rotatable bonds is 2. The molecule has 0 amide bonds. The van der Waals surface area contributed by atoms with Crippen molar-refractivity contribution in [1.82, 2.24) is 9.97 Å². The van der Waals surface area contributed by atoms with Gasteiger partial charge in [-0.05, 0) is 0 Å². The largest absolute Gasteiger partial charge is 0.393 e. The van der Waals surface area contributed by atoms with E-state index in [4.69, 9.17) is 5.73 Å².